The molecule has 1 heterocycles. The van der Waals surface area contributed by atoms with Crippen molar-refractivity contribution in [3.63, 3.8) is 0 Å². The number of anilines is 1. The Kier molecular flexibility index (Phi) is 13.3. The van der Waals surface area contributed by atoms with Crippen LogP contribution in [-0.2, 0) is 9.16 Å². The summed E-state index contributed by atoms with van der Waals surface area (Å²) in [5.41, 5.74) is 2.51. The summed E-state index contributed by atoms with van der Waals surface area (Å²) in [6, 6.07) is 3.18. The summed E-state index contributed by atoms with van der Waals surface area (Å²) >= 11 is 0. The molecule has 0 saturated carbocycles. The van der Waals surface area contributed by atoms with Gasteiger partial charge >= 0.3 is 6.09 Å². The summed E-state index contributed by atoms with van der Waals surface area (Å²) < 4.78 is 24.7. The Bertz CT molecular complexity index is 1240. The van der Waals surface area contributed by atoms with E-state index < -0.39 is 22.7 Å². The van der Waals surface area contributed by atoms with E-state index in [0.29, 0.717) is 46.8 Å². The van der Waals surface area contributed by atoms with Gasteiger partial charge in [0.1, 0.15) is 12.4 Å². The zero-order valence-corrected chi connectivity index (χ0v) is 32.0. The number of benzene rings is 1. The van der Waals surface area contributed by atoms with Gasteiger partial charge in [-0.15, -0.1) is 0 Å². The van der Waals surface area contributed by atoms with Crippen molar-refractivity contribution in [2.24, 2.45) is 0 Å². The maximum Gasteiger partial charge on any atom is 0.411 e. The molecule has 10 heteroatoms. The second kappa shape index (κ2) is 15.6. The van der Waals surface area contributed by atoms with E-state index in [4.69, 9.17) is 18.3 Å². The van der Waals surface area contributed by atoms with E-state index in [0.717, 1.165) is 5.57 Å². The Labute approximate surface area is 274 Å². The Balaban J connectivity index is 2.69. The van der Waals surface area contributed by atoms with Crippen molar-refractivity contribution in [3.8, 4) is 11.5 Å². The van der Waals surface area contributed by atoms with Crippen molar-refractivity contribution < 1.29 is 27.9 Å². The number of rotatable bonds is 14. The number of hydrogen-bond donors (Lipinski definition) is 1. The molecule has 1 aliphatic heterocycles. The molecule has 45 heavy (non-hydrogen) atoms. The van der Waals surface area contributed by atoms with Crippen LogP contribution >= 0.6 is 0 Å². The lowest BCUT2D eigenvalue weighted by Gasteiger charge is -2.42. The summed E-state index contributed by atoms with van der Waals surface area (Å²) in [6.45, 7) is 30.3. The van der Waals surface area contributed by atoms with Gasteiger partial charge < -0.3 is 23.2 Å². The molecule has 0 fully saturated rings. The van der Waals surface area contributed by atoms with Crippen LogP contribution in [0, 0.1) is 0 Å². The highest BCUT2D eigenvalue weighted by Gasteiger charge is 2.48. The van der Waals surface area contributed by atoms with Crippen LogP contribution in [0.25, 0.3) is 0 Å². The van der Waals surface area contributed by atoms with E-state index in [1.807, 2.05) is 25.3 Å². The number of allylic oxidation sites excluding steroid dienone is 2. The number of nitrogens with zero attached hydrogens (tertiary/aromatic N) is 1. The normalized spacial score (nSPS) is 16.0. The zero-order valence-electron chi connectivity index (χ0n) is 30.0. The Morgan fingerprint density at radius 3 is 2.16 bits per heavy atom. The lowest BCUT2D eigenvalue weighted by Crippen LogP contribution is -2.50. The summed E-state index contributed by atoms with van der Waals surface area (Å²) in [5, 5.41) is 2.84. The molecule has 1 aromatic rings. The van der Waals surface area contributed by atoms with E-state index in [9.17, 15) is 9.59 Å². The number of carbonyl (C=O) groups excluding carboxylic acids is 2. The van der Waals surface area contributed by atoms with Gasteiger partial charge in [0, 0.05) is 12.3 Å². The van der Waals surface area contributed by atoms with Crippen LogP contribution in [0.1, 0.15) is 86.0 Å². The van der Waals surface area contributed by atoms with E-state index >= 15 is 0 Å². The Hall–Kier alpha value is -2.83. The molecule has 2 amide bonds. The van der Waals surface area contributed by atoms with Crippen molar-refractivity contribution >= 4 is 34.3 Å². The highest BCUT2D eigenvalue weighted by Crippen LogP contribution is 2.46. The van der Waals surface area contributed by atoms with Crippen molar-refractivity contribution in [1.29, 1.82) is 0 Å². The van der Waals surface area contributed by atoms with Gasteiger partial charge in [-0.25, -0.2) is 4.79 Å². The first-order chi connectivity index (χ1) is 20.9. The number of nitrogens with one attached hydrogen (secondary N) is 1. The van der Waals surface area contributed by atoms with Gasteiger partial charge in [0.05, 0.1) is 31.0 Å². The highest BCUT2D eigenvalue weighted by molar-refractivity contribution is 6.78. The standard InChI is InChI=1S/C35H58N2O6Si2/c1-15-17-27-19-28(23-42-44(13,14)35(9,10)11)37(22-27)33(38)29-20-31(40-12)32(21-30(29)36-34(39)41-18-16-2)43-45(24(3)4,25(5)6)26(7)8/h15-17,20-22,24-26,28H,2,18-19,23H2,1,3-14H3,(H,36,39)/b17-15+/t28-/m0/s1. The molecule has 1 atom stereocenters. The number of hydrogen-bond acceptors (Lipinski definition) is 6. The second-order valence-corrected chi connectivity index (χ2v) is 24.5. The van der Waals surface area contributed by atoms with Crippen LogP contribution in [0.4, 0.5) is 10.5 Å². The maximum atomic E-state index is 14.5. The summed E-state index contributed by atoms with van der Waals surface area (Å²) in [6.07, 6.45) is 7.34. The summed E-state index contributed by atoms with van der Waals surface area (Å²) in [7, 11) is -2.90. The van der Waals surface area contributed by atoms with E-state index in [1.54, 1.807) is 24.1 Å². The molecule has 1 aliphatic rings. The quantitative estimate of drug-likeness (QED) is 0.158. The predicted molar refractivity (Wildman–Crippen MR) is 190 cm³/mol. The average molecular weight is 659 g/mol. The van der Waals surface area contributed by atoms with Crippen LogP contribution in [0.2, 0.25) is 34.8 Å². The van der Waals surface area contributed by atoms with Crippen LogP contribution in [0.5, 0.6) is 11.5 Å². The van der Waals surface area contributed by atoms with Crippen molar-refractivity contribution in [2.75, 3.05) is 25.6 Å². The number of ether oxygens (including phenoxy) is 2. The molecule has 0 bridgehead atoms. The first kappa shape index (κ1) is 38.4. The van der Waals surface area contributed by atoms with Gasteiger partial charge in [-0.3, -0.25) is 10.1 Å². The number of amides is 2. The minimum absolute atomic E-state index is 0.0343. The van der Waals surface area contributed by atoms with E-state index in [-0.39, 0.29) is 29.2 Å². The van der Waals surface area contributed by atoms with Gasteiger partial charge in [0.15, 0.2) is 14.1 Å². The van der Waals surface area contributed by atoms with Gasteiger partial charge in [-0.2, -0.15) is 0 Å². The number of carbonyl (C=O) groups is 2. The molecular formula is C35H58N2O6Si2. The van der Waals surface area contributed by atoms with Crippen LogP contribution < -0.4 is 14.5 Å². The first-order valence-electron chi connectivity index (χ1n) is 16.1. The predicted octanol–water partition coefficient (Wildman–Crippen LogP) is 9.68. The molecule has 0 unspecified atom stereocenters. The van der Waals surface area contributed by atoms with Crippen LogP contribution in [0.3, 0.4) is 0 Å². The summed E-state index contributed by atoms with van der Waals surface area (Å²) in [5.74, 6) is 0.663. The van der Waals surface area contributed by atoms with Gasteiger partial charge in [0.2, 0.25) is 0 Å². The smallest absolute Gasteiger partial charge is 0.411 e. The molecule has 0 spiro atoms. The van der Waals surface area contributed by atoms with E-state index in [1.165, 1.54) is 6.08 Å². The van der Waals surface area contributed by atoms with Crippen molar-refractivity contribution in [2.45, 2.75) is 116 Å². The highest BCUT2D eigenvalue weighted by atomic mass is 28.4. The average Bonchev–Trinajstić information content (AvgIpc) is 3.35. The van der Waals surface area contributed by atoms with Crippen LogP contribution in [0.15, 0.2) is 48.7 Å². The third-order valence-corrected chi connectivity index (χ3v) is 19.8. The second-order valence-electron chi connectivity index (χ2n) is 14.3. The van der Waals surface area contributed by atoms with Crippen LogP contribution in [-0.4, -0.2) is 59.9 Å². The molecule has 0 aromatic heterocycles. The Morgan fingerprint density at radius 2 is 1.67 bits per heavy atom. The molecule has 1 N–H and O–H groups in total. The molecule has 0 aliphatic carbocycles. The topological polar surface area (TPSA) is 86.3 Å². The monoisotopic (exact) mass is 658 g/mol. The summed E-state index contributed by atoms with van der Waals surface area (Å²) in [4.78, 5) is 29.0. The van der Waals surface area contributed by atoms with Crippen molar-refractivity contribution in [3.05, 3.63) is 54.3 Å². The molecule has 8 nitrogen and oxygen atoms in total. The van der Waals surface area contributed by atoms with E-state index in [2.05, 4.69) is 87.3 Å². The molecule has 0 saturated heterocycles. The molecule has 252 valence electrons. The van der Waals surface area contributed by atoms with Gasteiger partial charge in [-0.05, 0) is 59.7 Å². The third kappa shape index (κ3) is 8.92. The molecule has 0 radical (unpaired) electrons. The fourth-order valence-electron chi connectivity index (χ4n) is 5.96. The third-order valence-electron chi connectivity index (χ3n) is 9.32. The fourth-order valence-corrected chi connectivity index (χ4v) is 12.2. The lowest BCUT2D eigenvalue weighted by molar-refractivity contribution is 0.0738. The maximum absolute atomic E-state index is 14.5. The largest absolute Gasteiger partial charge is 0.540 e. The lowest BCUT2D eigenvalue weighted by atomic mass is 10.1. The number of methoxy groups -OCH3 is 1. The molecule has 1 aromatic carbocycles. The fraction of sp³-hybridized carbons (Fsp3) is 0.600. The Morgan fingerprint density at radius 1 is 1.07 bits per heavy atom. The molecule has 2 rings (SSSR count). The first-order valence-corrected chi connectivity index (χ1v) is 21.2. The minimum Gasteiger partial charge on any atom is -0.540 e. The van der Waals surface area contributed by atoms with Gasteiger partial charge in [-0.1, -0.05) is 87.1 Å². The SMILES string of the molecule is C=CCOC(=O)Nc1cc(O[Si](C(C)C)(C(C)C)C(C)C)c(OC)cc1C(=O)N1C=C(/C=C/C)C[C@H]1CO[Si](C)(C)C(C)(C)C. The van der Waals surface area contributed by atoms with Gasteiger partial charge in [0.25, 0.3) is 14.2 Å². The minimum atomic E-state index is -2.41. The van der Waals surface area contributed by atoms with Crippen molar-refractivity contribution in [1.82, 2.24) is 4.90 Å². The molecular weight excluding hydrogens is 601 g/mol. The zero-order chi connectivity index (χ0) is 34.3.